The Bertz CT molecular complexity index is 678. The summed E-state index contributed by atoms with van der Waals surface area (Å²) in [7, 11) is -18.4. The lowest BCUT2D eigenvalue weighted by Crippen LogP contribution is -2.57. The second kappa shape index (κ2) is 5.01. The molecule has 0 aliphatic carbocycles. The van der Waals surface area contributed by atoms with Gasteiger partial charge in [0.15, 0.2) is 4.35 Å². The van der Waals surface area contributed by atoms with Crippen LogP contribution in [-0.2, 0) is 19.0 Å². The van der Waals surface area contributed by atoms with E-state index < -0.39 is 34.3 Å². The molecular formula is C8H9NO8P2S-4. The molecule has 20 heavy (non-hydrogen) atoms. The molecular weight excluding hydrogens is 332 g/mol. The second-order valence-electron chi connectivity index (χ2n) is 3.97. The lowest BCUT2D eigenvalue weighted by molar-refractivity contribution is -0.331. The first-order chi connectivity index (χ1) is 8.75. The third kappa shape index (κ3) is 2.61. The van der Waals surface area contributed by atoms with E-state index in [0.717, 1.165) is 12.1 Å². The minimum Gasteiger partial charge on any atom is -0.808 e. The number of rotatable bonds is 4. The maximum absolute atomic E-state index is 12.0. The van der Waals surface area contributed by atoms with Gasteiger partial charge in [0.2, 0.25) is 9.84 Å². The highest BCUT2D eigenvalue weighted by Crippen LogP contribution is 2.61. The molecule has 0 spiro atoms. The first-order valence-electron chi connectivity index (χ1n) is 4.89. The third-order valence-electron chi connectivity index (χ3n) is 2.51. The lowest BCUT2D eigenvalue weighted by Gasteiger charge is -2.55. The maximum atomic E-state index is 12.0. The van der Waals surface area contributed by atoms with Crippen molar-refractivity contribution >= 4 is 25.0 Å². The van der Waals surface area contributed by atoms with Crippen molar-refractivity contribution in [3.8, 4) is 0 Å². The van der Waals surface area contributed by atoms with E-state index in [1.807, 2.05) is 0 Å². The van der Waals surface area contributed by atoms with Crippen molar-refractivity contribution in [2.24, 2.45) is 5.73 Å². The summed E-state index contributed by atoms with van der Waals surface area (Å²) in [6, 6.07) is 4.12. The standard InChI is InChI=1S/C8H13NO8P2S/c1-6-2-4-7(5-3-6)20(16,17)8(9,18(10,11)12)19(13,14)15/h2-5H,9H2,1H3,(H2,10,11,12)(H2,13,14,15)/p-4. The SMILES string of the molecule is Cc1ccc(S(=O)(=O)C(N)(P(=O)([O-])[O-])P(=O)([O-])[O-])cc1. The highest BCUT2D eigenvalue weighted by atomic mass is 32.2. The molecule has 0 heterocycles. The Morgan fingerprint density at radius 2 is 1.35 bits per heavy atom. The molecule has 0 saturated heterocycles. The predicted molar refractivity (Wildman–Crippen MR) is 60.5 cm³/mol. The summed E-state index contributed by atoms with van der Waals surface area (Å²) < 4.78 is 41.5. The van der Waals surface area contributed by atoms with Crippen LogP contribution in [0.1, 0.15) is 5.56 Å². The molecule has 114 valence electrons. The van der Waals surface area contributed by atoms with Crippen molar-refractivity contribution in [3.05, 3.63) is 29.8 Å². The largest absolute Gasteiger partial charge is 0.808 e. The van der Waals surface area contributed by atoms with Gasteiger partial charge in [0.1, 0.15) is 0 Å². The van der Waals surface area contributed by atoms with Crippen molar-refractivity contribution in [1.29, 1.82) is 0 Å². The van der Waals surface area contributed by atoms with E-state index in [1.165, 1.54) is 12.1 Å². The summed E-state index contributed by atoms with van der Waals surface area (Å²) in [5, 5.41) is 0. The zero-order valence-electron chi connectivity index (χ0n) is 9.96. The van der Waals surface area contributed by atoms with Crippen LogP contribution >= 0.6 is 15.2 Å². The zero-order valence-corrected chi connectivity index (χ0v) is 12.6. The average molecular weight is 341 g/mol. The minimum absolute atomic E-state index is 0.575. The van der Waals surface area contributed by atoms with Crippen LogP contribution in [0.5, 0.6) is 0 Å². The van der Waals surface area contributed by atoms with Crippen molar-refractivity contribution in [1.82, 2.24) is 0 Å². The molecule has 0 aliphatic rings. The summed E-state index contributed by atoms with van der Waals surface area (Å²) in [6.45, 7) is 1.57. The Morgan fingerprint density at radius 1 is 1.00 bits per heavy atom. The van der Waals surface area contributed by atoms with Crippen LogP contribution in [0.15, 0.2) is 29.2 Å². The summed E-state index contributed by atoms with van der Waals surface area (Å²) >= 11 is 0. The van der Waals surface area contributed by atoms with Gasteiger partial charge in [-0.2, -0.15) is 0 Å². The van der Waals surface area contributed by atoms with Gasteiger partial charge in [-0.1, -0.05) is 17.7 Å². The van der Waals surface area contributed by atoms with Crippen LogP contribution in [-0.4, -0.2) is 12.8 Å². The highest BCUT2D eigenvalue weighted by molar-refractivity contribution is 8.07. The summed E-state index contributed by atoms with van der Waals surface area (Å²) in [5.41, 5.74) is 5.31. The Labute approximate surface area is 114 Å². The van der Waals surface area contributed by atoms with Crippen LogP contribution in [0.3, 0.4) is 0 Å². The number of benzene rings is 1. The monoisotopic (exact) mass is 341 g/mol. The van der Waals surface area contributed by atoms with Crippen molar-refractivity contribution in [2.75, 3.05) is 0 Å². The fraction of sp³-hybridized carbons (Fsp3) is 0.250. The zero-order chi connectivity index (χ0) is 16.0. The number of hydrogen-bond donors (Lipinski definition) is 1. The molecule has 9 nitrogen and oxygen atoms in total. The van der Waals surface area contributed by atoms with Gasteiger partial charge in [-0.15, -0.1) is 0 Å². The van der Waals surface area contributed by atoms with Gasteiger partial charge in [-0.3, -0.25) is 0 Å². The lowest BCUT2D eigenvalue weighted by atomic mass is 10.2. The summed E-state index contributed by atoms with van der Waals surface area (Å²) in [5.74, 6) is 0. The molecule has 0 atom stereocenters. The molecule has 0 bridgehead atoms. The topological polar surface area (TPSA) is 187 Å². The van der Waals surface area contributed by atoms with E-state index in [4.69, 9.17) is 5.73 Å². The summed E-state index contributed by atoms with van der Waals surface area (Å²) in [4.78, 5) is 43.1. The molecule has 0 saturated carbocycles. The molecule has 0 aliphatic heterocycles. The van der Waals surface area contributed by atoms with Gasteiger partial charge in [0, 0.05) is 0 Å². The highest BCUT2D eigenvalue weighted by Gasteiger charge is 2.47. The Kier molecular flexibility index (Phi) is 4.38. The first kappa shape index (κ1) is 17.5. The van der Waals surface area contributed by atoms with Crippen molar-refractivity contribution in [3.63, 3.8) is 0 Å². The molecule has 12 heteroatoms. The Balaban J connectivity index is 3.70. The van der Waals surface area contributed by atoms with Crippen LogP contribution in [0.25, 0.3) is 0 Å². The van der Waals surface area contributed by atoms with Crippen molar-refractivity contribution in [2.45, 2.75) is 16.2 Å². The quantitative estimate of drug-likeness (QED) is 0.563. The number of sulfone groups is 1. The smallest absolute Gasteiger partial charge is 0.206 e. The van der Waals surface area contributed by atoms with Crippen molar-refractivity contribution < 1.29 is 37.1 Å². The molecule has 0 unspecified atom stereocenters. The van der Waals surface area contributed by atoms with Crippen LogP contribution in [0.4, 0.5) is 0 Å². The number of aryl methyl sites for hydroxylation is 1. The fourth-order valence-corrected chi connectivity index (χ4v) is 6.36. The van der Waals surface area contributed by atoms with Gasteiger partial charge >= 0.3 is 0 Å². The molecule has 0 fully saturated rings. The van der Waals surface area contributed by atoms with Gasteiger partial charge in [-0.25, -0.2) is 8.42 Å². The van der Waals surface area contributed by atoms with E-state index in [0.29, 0.717) is 5.56 Å². The van der Waals surface area contributed by atoms with Gasteiger partial charge in [0.05, 0.1) is 4.90 Å². The molecule has 2 N–H and O–H groups in total. The minimum atomic E-state index is -6.51. The molecule has 0 radical (unpaired) electrons. The normalized spacial score (nSPS) is 14.3. The van der Waals surface area contributed by atoms with E-state index in [9.17, 15) is 37.1 Å². The second-order valence-corrected chi connectivity index (χ2v) is 10.5. The molecule has 1 aromatic carbocycles. The molecule has 1 aromatic rings. The van der Waals surface area contributed by atoms with Crippen LogP contribution in [0.2, 0.25) is 0 Å². The van der Waals surface area contributed by atoms with E-state index in [1.54, 1.807) is 6.92 Å². The number of nitrogens with two attached hydrogens (primary N) is 1. The summed E-state index contributed by atoms with van der Waals surface area (Å²) in [6.07, 6.45) is 0. The number of hydrogen-bond acceptors (Lipinski definition) is 9. The first-order valence-corrected chi connectivity index (χ1v) is 9.46. The van der Waals surface area contributed by atoms with Gasteiger partial charge in [-0.05, 0) is 34.2 Å². The van der Waals surface area contributed by atoms with Crippen LogP contribution < -0.4 is 25.3 Å². The van der Waals surface area contributed by atoms with Gasteiger partial charge < -0.3 is 34.4 Å². The molecule has 0 amide bonds. The molecule has 0 aromatic heterocycles. The molecule has 1 rings (SSSR count). The Morgan fingerprint density at radius 3 is 1.65 bits per heavy atom. The Hall–Kier alpha value is -0.570. The van der Waals surface area contributed by atoms with E-state index in [2.05, 4.69) is 0 Å². The predicted octanol–water partition coefficient (Wildman–Crippen LogP) is -2.83. The third-order valence-corrected chi connectivity index (χ3v) is 10.0. The van der Waals surface area contributed by atoms with Gasteiger partial charge in [0.25, 0.3) is 0 Å². The average Bonchev–Trinajstić information content (AvgIpc) is 2.25. The van der Waals surface area contributed by atoms with E-state index in [-0.39, 0.29) is 0 Å². The van der Waals surface area contributed by atoms with Crippen LogP contribution in [0, 0.1) is 6.92 Å². The van der Waals surface area contributed by atoms with E-state index >= 15 is 0 Å². The maximum Gasteiger partial charge on any atom is 0.206 e. The fourth-order valence-electron chi connectivity index (χ4n) is 1.34.